The van der Waals surface area contributed by atoms with Crippen LogP contribution in [0.4, 0.5) is 0 Å². The van der Waals surface area contributed by atoms with Crippen molar-refractivity contribution in [2.75, 3.05) is 19.8 Å². The van der Waals surface area contributed by atoms with Crippen molar-refractivity contribution >= 4 is 0 Å². The van der Waals surface area contributed by atoms with Gasteiger partial charge in [0.15, 0.2) is 5.82 Å². The SMILES string of the molecule is CCCOCc1noc(COCCN)n1. The average Bonchev–Trinajstić information content (AvgIpc) is 2.67. The van der Waals surface area contributed by atoms with Crippen LogP contribution in [-0.4, -0.2) is 29.9 Å². The van der Waals surface area contributed by atoms with Crippen molar-refractivity contribution in [1.29, 1.82) is 0 Å². The van der Waals surface area contributed by atoms with E-state index in [4.69, 9.17) is 19.7 Å². The Hall–Kier alpha value is -0.980. The molecule has 0 spiro atoms. The molecule has 1 heterocycles. The van der Waals surface area contributed by atoms with Gasteiger partial charge in [0.05, 0.1) is 6.61 Å². The molecule has 0 aromatic carbocycles. The Morgan fingerprint density at radius 1 is 1.27 bits per heavy atom. The van der Waals surface area contributed by atoms with Gasteiger partial charge in [-0.2, -0.15) is 4.98 Å². The first kappa shape index (κ1) is 12.1. The largest absolute Gasteiger partial charge is 0.373 e. The standard InChI is InChI=1S/C9H17N3O3/c1-2-4-13-6-8-11-9(15-12-8)7-14-5-3-10/h2-7,10H2,1H3. The van der Waals surface area contributed by atoms with E-state index in [0.717, 1.165) is 6.42 Å². The minimum atomic E-state index is 0.304. The molecule has 0 aliphatic rings. The average molecular weight is 215 g/mol. The van der Waals surface area contributed by atoms with Gasteiger partial charge in [-0.1, -0.05) is 12.1 Å². The molecular weight excluding hydrogens is 198 g/mol. The Balaban J connectivity index is 2.23. The number of hydrogen-bond donors (Lipinski definition) is 1. The maximum atomic E-state index is 5.27. The molecule has 0 atom stereocenters. The van der Waals surface area contributed by atoms with Gasteiger partial charge in [0, 0.05) is 13.2 Å². The highest BCUT2D eigenvalue weighted by Crippen LogP contribution is 2.00. The first-order valence-corrected chi connectivity index (χ1v) is 5.03. The van der Waals surface area contributed by atoms with E-state index in [1.54, 1.807) is 0 Å². The monoisotopic (exact) mass is 215 g/mol. The second-order valence-electron chi connectivity index (χ2n) is 3.00. The zero-order valence-corrected chi connectivity index (χ0v) is 8.94. The summed E-state index contributed by atoms with van der Waals surface area (Å²) >= 11 is 0. The molecule has 0 saturated carbocycles. The highest BCUT2D eigenvalue weighted by atomic mass is 16.5. The maximum absolute atomic E-state index is 5.27. The van der Waals surface area contributed by atoms with Gasteiger partial charge in [0.2, 0.25) is 0 Å². The molecule has 0 bridgehead atoms. The first-order chi connectivity index (χ1) is 7.36. The Morgan fingerprint density at radius 2 is 2.07 bits per heavy atom. The second kappa shape index (κ2) is 7.33. The topological polar surface area (TPSA) is 83.4 Å². The molecule has 1 rings (SSSR count). The van der Waals surface area contributed by atoms with Crippen LogP contribution in [-0.2, 0) is 22.7 Å². The van der Waals surface area contributed by atoms with Crippen molar-refractivity contribution in [3.05, 3.63) is 11.7 Å². The van der Waals surface area contributed by atoms with E-state index < -0.39 is 0 Å². The Morgan fingerprint density at radius 3 is 2.80 bits per heavy atom. The van der Waals surface area contributed by atoms with Gasteiger partial charge >= 0.3 is 0 Å². The molecule has 0 unspecified atom stereocenters. The molecule has 15 heavy (non-hydrogen) atoms. The molecule has 0 amide bonds. The first-order valence-electron chi connectivity index (χ1n) is 5.03. The van der Waals surface area contributed by atoms with Gasteiger partial charge in [0.25, 0.3) is 5.89 Å². The Kier molecular flexibility index (Phi) is 5.91. The molecule has 86 valence electrons. The summed E-state index contributed by atoms with van der Waals surface area (Å²) in [4.78, 5) is 4.09. The molecule has 0 radical (unpaired) electrons. The highest BCUT2D eigenvalue weighted by molar-refractivity contribution is 4.82. The zero-order chi connectivity index (χ0) is 10.9. The minimum absolute atomic E-state index is 0.304. The van der Waals surface area contributed by atoms with Gasteiger partial charge in [-0.3, -0.25) is 0 Å². The molecule has 1 aromatic rings. The van der Waals surface area contributed by atoms with E-state index >= 15 is 0 Å². The van der Waals surface area contributed by atoms with Crippen LogP contribution in [0.1, 0.15) is 25.1 Å². The third-order valence-electron chi connectivity index (χ3n) is 1.58. The quantitative estimate of drug-likeness (QED) is 0.635. The van der Waals surface area contributed by atoms with Crippen molar-refractivity contribution < 1.29 is 14.0 Å². The van der Waals surface area contributed by atoms with Gasteiger partial charge in [-0.15, -0.1) is 0 Å². The molecule has 1 aromatic heterocycles. The number of ether oxygens (including phenoxy) is 2. The second-order valence-corrected chi connectivity index (χ2v) is 3.00. The number of rotatable bonds is 8. The predicted octanol–water partition coefficient (Wildman–Crippen LogP) is 0.472. The van der Waals surface area contributed by atoms with E-state index in [9.17, 15) is 0 Å². The van der Waals surface area contributed by atoms with Crippen LogP contribution in [0.3, 0.4) is 0 Å². The van der Waals surface area contributed by atoms with Crippen LogP contribution in [0.2, 0.25) is 0 Å². The maximum Gasteiger partial charge on any atom is 0.252 e. The van der Waals surface area contributed by atoms with Crippen LogP contribution in [0.25, 0.3) is 0 Å². The van der Waals surface area contributed by atoms with E-state index in [2.05, 4.69) is 10.1 Å². The zero-order valence-electron chi connectivity index (χ0n) is 8.94. The summed E-state index contributed by atoms with van der Waals surface area (Å²) in [6, 6.07) is 0. The fourth-order valence-corrected chi connectivity index (χ4v) is 0.958. The van der Waals surface area contributed by atoms with Gasteiger partial charge < -0.3 is 19.7 Å². The minimum Gasteiger partial charge on any atom is -0.373 e. The Bertz CT molecular complexity index is 240. The molecule has 6 nitrogen and oxygen atoms in total. The number of hydrogen-bond acceptors (Lipinski definition) is 6. The van der Waals surface area contributed by atoms with Crippen molar-refractivity contribution in [2.45, 2.75) is 26.6 Å². The van der Waals surface area contributed by atoms with Gasteiger partial charge in [0.1, 0.15) is 13.2 Å². The normalized spacial score (nSPS) is 10.8. The van der Waals surface area contributed by atoms with Gasteiger partial charge in [-0.25, -0.2) is 0 Å². The summed E-state index contributed by atoms with van der Waals surface area (Å²) in [6.07, 6.45) is 0.977. The van der Waals surface area contributed by atoms with Crippen molar-refractivity contribution in [1.82, 2.24) is 10.1 Å². The van der Waals surface area contributed by atoms with E-state index in [1.165, 1.54) is 0 Å². The summed E-state index contributed by atoms with van der Waals surface area (Å²) < 4.78 is 15.3. The summed E-state index contributed by atoms with van der Waals surface area (Å²) in [6.45, 7) is 4.41. The molecule has 6 heteroatoms. The summed E-state index contributed by atoms with van der Waals surface area (Å²) in [5, 5.41) is 3.74. The van der Waals surface area contributed by atoms with Crippen molar-refractivity contribution in [2.24, 2.45) is 5.73 Å². The summed E-state index contributed by atoms with van der Waals surface area (Å²) in [5.41, 5.74) is 5.27. The lowest BCUT2D eigenvalue weighted by Crippen LogP contribution is -2.08. The number of aromatic nitrogens is 2. The molecule has 0 fully saturated rings. The molecule has 0 saturated heterocycles. The van der Waals surface area contributed by atoms with E-state index in [0.29, 0.717) is 44.7 Å². The third kappa shape index (κ3) is 4.87. The smallest absolute Gasteiger partial charge is 0.252 e. The number of nitrogens with zero attached hydrogens (tertiary/aromatic N) is 2. The van der Waals surface area contributed by atoms with Crippen molar-refractivity contribution in [3.63, 3.8) is 0 Å². The van der Waals surface area contributed by atoms with Crippen LogP contribution >= 0.6 is 0 Å². The Labute approximate surface area is 88.7 Å². The van der Waals surface area contributed by atoms with E-state index in [1.807, 2.05) is 6.92 Å². The van der Waals surface area contributed by atoms with Crippen LogP contribution in [0.5, 0.6) is 0 Å². The lowest BCUT2D eigenvalue weighted by atomic mass is 10.5. The van der Waals surface area contributed by atoms with Crippen LogP contribution < -0.4 is 5.73 Å². The predicted molar refractivity (Wildman–Crippen MR) is 53.0 cm³/mol. The van der Waals surface area contributed by atoms with Crippen LogP contribution in [0.15, 0.2) is 4.52 Å². The molecule has 0 aliphatic carbocycles. The van der Waals surface area contributed by atoms with E-state index in [-0.39, 0.29) is 0 Å². The number of nitrogens with two attached hydrogens (primary N) is 1. The fourth-order valence-electron chi connectivity index (χ4n) is 0.958. The van der Waals surface area contributed by atoms with Crippen molar-refractivity contribution in [3.8, 4) is 0 Å². The summed E-state index contributed by atoms with van der Waals surface area (Å²) in [7, 11) is 0. The lowest BCUT2D eigenvalue weighted by molar-refractivity contribution is 0.103. The van der Waals surface area contributed by atoms with Gasteiger partial charge in [-0.05, 0) is 6.42 Å². The third-order valence-corrected chi connectivity index (χ3v) is 1.58. The molecular formula is C9H17N3O3. The highest BCUT2D eigenvalue weighted by Gasteiger charge is 2.05. The molecule has 2 N–H and O–H groups in total. The van der Waals surface area contributed by atoms with Crippen LogP contribution in [0, 0.1) is 0 Å². The summed E-state index contributed by atoms with van der Waals surface area (Å²) in [5.74, 6) is 1.01. The fraction of sp³-hybridized carbons (Fsp3) is 0.778. The molecule has 0 aliphatic heterocycles. The lowest BCUT2D eigenvalue weighted by Gasteiger charge is -1.96.